The van der Waals surface area contributed by atoms with Gasteiger partial charge in [0, 0.05) is 4.90 Å². The number of carbonyl (C=O) groups is 1. The molecule has 3 aromatic rings. The highest BCUT2D eigenvalue weighted by Crippen LogP contribution is 2.32. The van der Waals surface area contributed by atoms with E-state index in [1.807, 2.05) is 30.5 Å². The van der Waals surface area contributed by atoms with E-state index in [0.29, 0.717) is 31.9 Å². The zero-order valence-electron chi connectivity index (χ0n) is 20.1. The summed E-state index contributed by atoms with van der Waals surface area (Å²) in [6, 6.07) is 12.1. The van der Waals surface area contributed by atoms with Gasteiger partial charge in [0.05, 0.1) is 35.1 Å². The summed E-state index contributed by atoms with van der Waals surface area (Å²) in [4.78, 5) is 33.0. The molecule has 0 saturated carbocycles. The Bertz CT molecular complexity index is 1480. The van der Waals surface area contributed by atoms with E-state index in [9.17, 15) is 14.7 Å². The Morgan fingerprint density at radius 3 is 2.54 bits per heavy atom. The van der Waals surface area contributed by atoms with Gasteiger partial charge in [0.15, 0.2) is 16.3 Å². The van der Waals surface area contributed by atoms with Gasteiger partial charge in [-0.2, -0.15) is 0 Å². The summed E-state index contributed by atoms with van der Waals surface area (Å²) in [5, 5.41) is 10.1. The number of thiazole rings is 1. The zero-order chi connectivity index (χ0) is 25.3. The van der Waals surface area contributed by atoms with E-state index in [-0.39, 0.29) is 17.4 Å². The standard InChI is InChI=1S/C26H26N2O5S2/c1-14(2)33-25(31)22-15(3)27-26-28(23(22)17-7-9-18(34-5)10-8-17)24(30)21(35-26)13-16-6-11-20(32-4)19(29)12-16/h6-14,23,29H,1-5H3/b21-13-/t23-/m1/s1. The normalized spacial score (nSPS) is 15.7. The molecule has 1 aliphatic rings. The van der Waals surface area contributed by atoms with Gasteiger partial charge >= 0.3 is 5.97 Å². The summed E-state index contributed by atoms with van der Waals surface area (Å²) >= 11 is 2.85. The number of phenols is 1. The van der Waals surface area contributed by atoms with Crippen molar-refractivity contribution in [3.63, 3.8) is 0 Å². The maximum atomic E-state index is 13.6. The number of aromatic nitrogens is 1. The molecular weight excluding hydrogens is 484 g/mol. The predicted octanol–water partition coefficient (Wildman–Crippen LogP) is 3.62. The van der Waals surface area contributed by atoms with Gasteiger partial charge in [-0.25, -0.2) is 9.79 Å². The van der Waals surface area contributed by atoms with Crippen molar-refractivity contribution in [1.82, 2.24) is 4.57 Å². The molecule has 0 unspecified atom stereocenters. The highest BCUT2D eigenvalue weighted by Gasteiger charge is 2.33. The Kier molecular flexibility index (Phi) is 7.18. The van der Waals surface area contributed by atoms with Crippen LogP contribution >= 0.6 is 23.1 Å². The Balaban J connectivity index is 1.91. The second kappa shape index (κ2) is 10.1. The van der Waals surface area contributed by atoms with Crippen molar-refractivity contribution in [1.29, 1.82) is 0 Å². The SMILES string of the molecule is COc1ccc(/C=c2\sc3n(c2=O)[C@H](c2ccc(SC)cc2)C(C(=O)OC(C)C)=C(C)N=3)cc1O. The molecule has 2 heterocycles. The zero-order valence-corrected chi connectivity index (χ0v) is 21.7. The number of ether oxygens (including phenoxy) is 2. The number of phenolic OH excluding ortho intramolecular Hbond substituents is 1. The predicted molar refractivity (Wildman–Crippen MR) is 138 cm³/mol. The molecule has 0 saturated heterocycles. The van der Waals surface area contributed by atoms with Gasteiger partial charge in [0.1, 0.15) is 0 Å². The van der Waals surface area contributed by atoms with Crippen LogP contribution in [0.3, 0.4) is 0 Å². The number of aromatic hydroxyl groups is 1. The Labute approximate surface area is 211 Å². The Morgan fingerprint density at radius 1 is 1.23 bits per heavy atom. The molecule has 2 aromatic carbocycles. The topological polar surface area (TPSA) is 90.1 Å². The lowest BCUT2D eigenvalue weighted by Gasteiger charge is -2.25. The molecule has 0 amide bonds. The minimum Gasteiger partial charge on any atom is -0.504 e. The summed E-state index contributed by atoms with van der Waals surface area (Å²) in [6.45, 7) is 5.34. The van der Waals surface area contributed by atoms with Crippen LogP contribution in [0, 0.1) is 0 Å². The number of thioether (sulfide) groups is 1. The molecule has 0 spiro atoms. The van der Waals surface area contributed by atoms with Crippen molar-refractivity contribution in [2.45, 2.75) is 37.8 Å². The van der Waals surface area contributed by atoms with E-state index in [1.54, 1.807) is 55.3 Å². The van der Waals surface area contributed by atoms with Gasteiger partial charge in [-0.15, -0.1) is 11.8 Å². The van der Waals surface area contributed by atoms with Crippen LogP contribution in [-0.4, -0.2) is 35.1 Å². The number of nitrogens with zero attached hydrogens (tertiary/aromatic N) is 2. The van der Waals surface area contributed by atoms with Gasteiger partial charge < -0.3 is 14.6 Å². The van der Waals surface area contributed by atoms with Crippen LogP contribution in [-0.2, 0) is 9.53 Å². The van der Waals surface area contributed by atoms with Crippen molar-refractivity contribution in [2.75, 3.05) is 13.4 Å². The first-order valence-electron chi connectivity index (χ1n) is 11.0. The highest BCUT2D eigenvalue weighted by molar-refractivity contribution is 7.98. The largest absolute Gasteiger partial charge is 0.504 e. The molecule has 0 bridgehead atoms. The summed E-state index contributed by atoms with van der Waals surface area (Å²) in [7, 11) is 1.47. The van der Waals surface area contributed by atoms with E-state index in [0.717, 1.165) is 10.5 Å². The number of benzene rings is 2. The van der Waals surface area contributed by atoms with Gasteiger partial charge in [0.25, 0.3) is 5.56 Å². The van der Waals surface area contributed by atoms with Crippen molar-refractivity contribution in [2.24, 2.45) is 4.99 Å². The van der Waals surface area contributed by atoms with E-state index in [4.69, 9.17) is 9.47 Å². The number of methoxy groups -OCH3 is 1. The summed E-state index contributed by atoms with van der Waals surface area (Å²) in [6.07, 6.45) is 3.38. The number of allylic oxidation sites excluding steroid dienone is 1. The number of fused-ring (bicyclic) bond motifs is 1. The van der Waals surface area contributed by atoms with Crippen LogP contribution in [0.1, 0.15) is 37.9 Å². The molecule has 1 atom stereocenters. The maximum Gasteiger partial charge on any atom is 0.338 e. The lowest BCUT2D eigenvalue weighted by Crippen LogP contribution is -2.40. The second-order valence-electron chi connectivity index (χ2n) is 8.24. The summed E-state index contributed by atoms with van der Waals surface area (Å²) in [5.41, 5.74) is 2.03. The summed E-state index contributed by atoms with van der Waals surface area (Å²) < 4.78 is 12.6. The first-order valence-corrected chi connectivity index (χ1v) is 13.0. The molecule has 1 aromatic heterocycles. The van der Waals surface area contributed by atoms with E-state index < -0.39 is 12.0 Å². The third kappa shape index (κ3) is 4.92. The fraction of sp³-hybridized carbons (Fsp3) is 0.269. The lowest BCUT2D eigenvalue weighted by atomic mass is 9.96. The van der Waals surface area contributed by atoms with Crippen LogP contribution < -0.4 is 19.6 Å². The smallest absolute Gasteiger partial charge is 0.338 e. The molecule has 0 radical (unpaired) electrons. The molecule has 182 valence electrons. The third-order valence-electron chi connectivity index (χ3n) is 5.52. The number of hydrogen-bond donors (Lipinski definition) is 1. The lowest BCUT2D eigenvalue weighted by molar-refractivity contribution is -0.143. The minimum atomic E-state index is -0.667. The van der Waals surface area contributed by atoms with Gasteiger partial charge in [-0.1, -0.05) is 29.5 Å². The maximum absolute atomic E-state index is 13.6. The van der Waals surface area contributed by atoms with E-state index >= 15 is 0 Å². The molecular formula is C26H26N2O5S2. The molecule has 4 rings (SSSR count). The number of esters is 1. The highest BCUT2D eigenvalue weighted by atomic mass is 32.2. The van der Waals surface area contributed by atoms with Gasteiger partial charge in [0.2, 0.25) is 0 Å². The van der Waals surface area contributed by atoms with E-state index in [2.05, 4.69) is 4.99 Å². The number of rotatable bonds is 6. The molecule has 0 aliphatic carbocycles. The van der Waals surface area contributed by atoms with Crippen LogP contribution in [0.5, 0.6) is 11.5 Å². The van der Waals surface area contributed by atoms with Crippen LogP contribution in [0.2, 0.25) is 0 Å². The van der Waals surface area contributed by atoms with Gasteiger partial charge in [-0.3, -0.25) is 9.36 Å². The molecule has 7 nitrogen and oxygen atoms in total. The molecule has 1 aliphatic heterocycles. The van der Waals surface area contributed by atoms with Crippen LogP contribution in [0.25, 0.3) is 6.08 Å². The monoisotopic (exact) mass is 510 g/mol. The molecule has 35 heavy (non-hydrogen) atoms. The Morgan fingerprint density at radius 2 is 1.94 bits per heavy atom. The second-order valence-corrected chi connectivity index (χ2v) is 10.1. The Hall–Kier alpha value is -3.30. The van der Waals surface area contributed by atoms with Gasteiger partial charge in [-0.05, 0) is 68.5 Å². The summed E-state index contributed by atoms with van der Waals surface area (Å²) in [5.74, 6) is -0.161. The number of carbonyl (C=O) groups excluding carboxylic acids is 1. The van der Waals surface area contributed by atoms with Crippen molar-refractivity contribution in [3.05, 3.63) is 84.5 Å². The van der Waals surface area contributed by atoms with E-state index in [1.165, 1.54) is 24.5 Å². The van der Waals surface area contributed by atoms with Crippen molar-refractivity contribution < 1.29 is 19.4 Å². The average molecular weight is 511 g/mol. The quantitative estimate of drug-likeness (QED) is 0.402. The first kappa shape index (κ1) is 24.8. The van der Waals surface area contributed by atoms with Crippen LogP contribution in [0.4, 0.5) is 0 Å². The average Bonchev–Trinajstić information content (AvgIpc) is 3.12. The van der Waals surface area contributed by atoms with Crippen molar-refractivity contribution in [3.8, 4) is 11.5 Å². The first-order chi connectivity index (χ1) is 16.7. The fourth-order valence-corrected chi connectivity index (χ4v) is 5.36. The molecule has 0 fully saturated rings. The third-order valence-corrected chi connectivity index (χ3v) is 7.24. The minimum absolute atomic E-state index is 0.0182. The fourth-order valence-electron chi connectivity index (χ4n) is 3.91. The number of hydrogen-bond acceptors (Lipinski definition) is 8. The van der Waals surface area contributed by atoms with Crippen LogP contribution in [0.15, 0.2) is 68.4 Å². The molecule has 1 N–H and O–H groups in total. The van der Waals surface area contributed by atoms with Crippen molar-refractivity contribution >= 4 is 35.1 Å². The molecule has 9 heteroatoms.